The zero-order chi connectivity index (χ0) is 16.4. The van der Waals surface area contributed by atoms with Crippen LogP contribution >= 0.6 is 0 Å². The molecule has 4 fully saturated rings. The molecule has 0 radical (unpaired) electrons. The van der Waals surface area contributed by atoms with E-state index in [9.17, 15) is 0 Å². The topological polar surface area (TPSA) is 30.9 Å². The van der Waals surface area contributed by atoms with Crippen LogP contribution in [0.25, 0.3) is 0 Å². The number of benzene rings is 1. The molecule has 2 aliphatic carbocycles. The smallest absolute Gasteiger partial charge is 0.166 e. The highest BCUT2D eigenvalue weighted by molar-refractivity contribution is 5.64. The lowest BCUT2D eigenvalue weighted by molar-refractivity contribution is -0.122. The number of likely N-dealkylation sites (tertiary alicyclic amines) is 1. The van der Waals surface area contributed by atoms with E-state index in [-0.39, 0.29) is 23.2 Å². The van der Waals surface area contributed by atoms with Crippen molar-refractivity contribution in [3.8, 4) is 11.5 Å². The Hall–Kier alpha value is -1.26. The van der Waals surface area contributed by atoms with Gasteiger partial charge < -0.3 is 14.2 Å². The molecule has 132 valence electrons. The van der Waals surface area contributed by atoms with E-state index < -0.39 is 0 Å². The first-order chi connectivity index (χ1) is 12.3. The summed E-state index contributed by atoms with van der Waals surface area (Å²) in [7, 11) is 1.76. The van der Waals surface area contributed by atoms with E-state index in [2.05, 4.69) is 17.0 Å². The Labute approximate surface area is 148 Å². The second-order valence-electron chi connectivity index (χ2n) is 9.13. The van der Waals surface area contributed by atoms with E-state index in [0.29, 0.717) is 6.04 Å². The average molecular weight is 339 g/mol. The quantitative estimate of drug-likeness (QED) is 0.847. The zero-order valence-electron chi connectivity index (χ0n) is 14.8. The Morgan fingerprint density at radius 3 is 3.00 bits per heavy atom. The monoisotopic (exact) mass is 339 g/mol. The molecular formula is C21H25NO3. The van der Waals surface area contributed by atoms with Crippen LogP contribution in [0.2, 0.25) is 0 Å². The van der Waals surface area contributed by atoms with Crippen molar-refractivity contribution >= 4 is 0 Å². The summed E-state index contributed by atoms with van der Waals surface area (Å²) in [5.41, 5.74) is 3.02. The molecule has 0 unspecified atom stereocenters. The molecule has 3 saturated heterocycles. The highest BCUT2D eigenvalue weighted by Crippen LogP contribution is 2.71. The second-order valence-corrected chi connectivity index (χ2v) is 9.13. The predicted molar refractivity (Wildman–Crippen MR) is 92.3 cm³/mol. The minimum atomic E-state index is -0.0138. The van der Waals surface area contributed by atoms with Gasteiger partial charge in [0.15, 0.2) is 11.5 Å². The summed E-state index contributed by atoms with van der Waals surface area (Å²) in [6, 6.07) is 4.96. The maximum absolute atomic E-state index is 6.83. The Morgan fingerprint density at radius 1 is 1.24 bits per heavy atom. The van der Waals surface area contributed by atoms with Gasteiger partial charge in [-0.05, 0) is 62.6 Å². The molecule has 1 aromatic rings. The molecule has 4 heterocycles. The van der Waals surface area contributed by atoms with E-state index >= 15 is 0 Å². The van der Waals surface area contributed by atoms with Gasteiger partial charge in [-0.2, -0.15) is 0 Å². The van der Waals surface area contributed by atoms with Crippen molar-refractivity contribution in [2.24, 2.45) is 5.92 Å². The molecule has 0 N–H and O–H groups in total. The third kappa shape index (κ3) is 1.36. The Bertz CT molecular complexity index is 790. The minimum Gasteiger partial charge on any atom is -0.493 e. The van der Waals surface area contributed by atoms with Gasteiger partial charge >= 0.3 is 0 Å². The highest BCUT2D eigenvalue weighted by atomic mass is 16.6. The lowest BCUT2D eigenvalue weighted by Gasteiger charge is -2.59. The molecule has 6 aliphatic rings. The molecule has 25 heavy (non-hydrogen) atoms. The van der Waals surface area contributed by atoms with Crippen molar-refractivity contribution < 1.29 is 14.2 Å². The first kappa shape index (κ1) is 13.9. The summed E-state index contributed by atoms with van der Waals surface area (Å²) in [6.07, 6.45) is 7.99. The van der Waals surface area contributed by atoms with E-state index in [4.69, 9.17) is 14.2 Å². The molecule has 4 heteroatoms. The SMILES string of the molecule is COc1ccc2c3c1O[C@H]1[C@H]4CC[C@@]5(O4)[C@@H](C2)N(CC2CC2)CC[C@]315. The van der Waals surface area contributed by atoms with Crippen molar-refractivity contribution in [3.63, 3.8) is 0 Å². The van der Waals surface area contributed by atoms with Crippen LogP contribution in [0.4, 0.5) is 0 Å². The fourth-order valence-electron chi connectivity index (χ4n) is 7.19. The summed E-state index contributed by atoms with van der Waals surface area (Å²) >= 11 is 0. The summed E-state index contributed by atoms with van der Waals surface area (Å²) < 4.78 is 19.1. The number of fused-ring (bicyclic) bond motifs is 2. The number of nitrogens with zero attached hydrogens (tertiary/aromatic N) is 1. The number of methoxy groups -OCH3 is 1. The van der Waals surface area contributed by atoms with E-state index in [1.807, 2.05) is 0 Å². The third-order valence-corrected chi connectivity index (χ3v) is 8.23. The van der Waals surface area contributed by atoms with E-state index in [1.54, 1.807) is 7.11 Å². The lowest BCUT2D eigenvalue weighted by atomic mass is 9.51. The molecule has 1 saturated carbocycles. The van der Waals surface area contributed by atoms with Crippen LogP contribution < -0.4 is 9.47 Å². The zero-order valence-corrected chi connectivity index (χ0v) is 14.8. The van der Waals surface area contributed by atoms with Gasteiger partial charge in [-0.25, -0.2) is 0 Å². The first-order valence-corrected chi connectivity index (χ1v) is 10.1. The highest BCUT2D eigenvalue weighted by Gasteiger charge is 2.79. The van der Waals surface area contributed by atoms with E-state index in [1.165, 1.54) is 49.9 Å². The minimum absolute atomic E-state index is 0.0138. The van der Waals surface area contributed by atoms with Crippen LogP contribution in [0.1, 0.15) is 43.2 Å². The van der Waals surface area contributed by atoms with E-state index in [0.717, 1.165) is 30.3 Å². The van der Waals surface area contributed by atoms with Crippen molar-refractivity contribution in [1.29, 1.82) is 0 Å². The van der Waals surface area contributed by atoms with Gasteiger partial charge in [-0.15, -0.1) is 0 Å². The first-order valence-electron chi connectivity index (χ1n) is 10.1. The molecule has 2 spiro atoms. The van der Waals surface area contributed by atoms with Gasteiger partial charge in [0, 0.05) is 18.2 Å². The Morgan fingerprint density at radius 2 is 2.16 bits per heavy atom. The van der Waals surface area contributed by atoms with Gasteiger partial charge in [0.1, 0.15) is 6.10 Å². The molecule has 5 atom stereocenters. The molecular weight excluding hydrogens is 314 g/mol. The van der Waals surface area contributed by atoms with Gasteiger partial charge in [-0.1, -0.05) is 6.07 Å². The van der Waals surface area contributed by atoms with Crippen molar-refractivity contribution in [3.05, 3.63) is 23.3 Å². The number of hydrogen-bond acceptors (Lipinski definition) is 4. The summed E-state index contributed by atoms with van der Waals surface area (Å²) in [6.45, 7) is 2.48. The fraction of sp³-hybridized carbons (Fsp3) is 0.714. The number of piperidine rings is 1. The van der Waals surface area contributed by atoms with Crippen molar-refractivity contribution in [2.45, 2.75) is 67.8 Å². The van der Waals surface area contributed by atoms with Crippen molar-refractivity contribution in [2.75, 3.05) is 20.2 Å². The molecule has 7 rings (SSSR count). The largest absolute Gasteiger partial charge is 0.493 e. The summed E-state index contributed by atoms with van der Waals surface area (Å²) in [4.78, 5) is 2.79. The van der Waals surface area contributed by atoms with Crippen LogP contribution in [-0.2, 0) is 16.6 Å². The van der Waals surface area contributed by atoms with Crippen LogP contribution in [0.3, 0.4) is 0 Å². The fourth-order valence-corrected chi connectivity index (χ4v) is 7.19. The lowest BCUT2D eigenvalue weighted by Crippen LogP contribution is -2.71. The maximum Gasteiger partial charge on any atom is 0.166 e. The molecule has 4 bridgehead atoms. The molecule has 0 aromatic heterocycles. The third-order valence-electron chi connectivity index (χ3n) is 8.23. The molecule has 1 aromatic carbocycles. The number of rotatable bonds is 3. The second kappa shape index (κ2) is 4.17. The summed E-state index contributed by atoms with van der Waals surface area (Å²) in [5, 5.41) is 0. The van der Waals surface area contributed by atoms with Crippen LogP contribution in [0.5, 0.6) is 11.5 Å². The van der Waals surface area contributed by atoms with Gasteiger partial charge in [0.2, 0.25) is 0 Å². The molecule has 4 nitrogen and oxygen atoms in total. The van der Waals surface area contributed by atoms with Gasteiger partial charge in [-0.3, -0.25) is 4.90 Å². The standard InChI is InChI=1S/C21H25NO3/c1-23-14-5-4-13-10-16-21-7-6-15(25-21)19-20(21,17(13)18(14)24-19)8-9-22(16)11-12-2-3-12/h4-5,12,15-16,19H,2-3,6-11H2,1H3/t15-,16-,19+,20+,21-/m1/s1. The molecule has 0 amide bonds. The van der Waals surface area contributed by atoms with Crippen LogP contribution in [0, 0.1) is 5.92 Å². The van der Waals surface area contributed by atoms with Crippen LogP contribution in [-0.4, -0.2) is 49.0 Å². The number of ether oxygens (including phenoxy) is 3. The normalized spacial score (nSPS) is 45.4. The predicted octanol–water partition coefficient (Wildman–Crippen LogP) is 2.67. The average Bonchev–Trinajstić information content (AvgIpc) is 3.11. The molecule has 4 aliphatic heterocycles. The summed E-state index contributed by atoms with van der Waals surface area (Å²) in [5.74, 6) is 2.89. The van der Waals surface area contributed by atoms with Gasteiger partial charge in [0.05, 0.1) is 24.2 Å². The van der Waals surface area contributed by atoms with Crippen LogP contribution in [0.15, 0.2) is 12.1 Å². The number of hydrogen-bond donors (Lipinski definition) is 0. The Balaban J connectivity index is 1.46. The van der Waals surface area contributed by atoms with Crippen molar-refractivity contribution in [1.82, 2.24) is 4.90 Å². The maximum atomic E-state index is 6.83. The Kier molecular flexibility index (Phi) is 2.32. The van der Waals surface area contributed by atoms with Gasteiger partial charge in [0.25, 0.3) is 0 Å².